The molecule has 3 aromatic rings. The van der Waals surface area contributed by atoms with Crippen LogP contribution in [0.25, 0.3) is 5.76 Å². The number of aliphatic hydroxyl groups is 1. The second-order valence-electron chi connectivity index (χ2n) is 7.18. The molecule has 1 atom stereocenters. The highest BCUT2D eigenvalue weighted by atomic mass is 16.6. The van der Waals surface area contributed by atoms with Gasteiger partial charge in [0.2, 0.25) is 0 Å². The lowest BCUT2D eigenvalue weighted by molar-refractivity contribution is -0.384. The Morgan fingerprint density at radius 2 is 1.84 bits per heavy atom. The summed E-state index contributed by atoms with van der Waals surface area (Å²) in [5.41, 5.74) is 1.17. The van der Waals surface area contributed by atoms with Crippen molar-refractivity contribution in [3.05, 3.63) is 92.7 Å². The van der Waals surface area contributed by atoms with Crippen molar-refractivity contribution in [2.45, 2.75) is 19.9 Å². The smallest absolute Gasteiger partial charge is 0.301 e. The van der Waals surface area contributed by atoms with Gasteiger partial charge >= 0.3 is 5.91 Å². The molecule has 1 amide bonds. The number of Topliss-reactive ketones (excluding diaryl/α,β-unsaturated/α-hetero) is 1. The van der Waals surface area contributed by atoms with Crippen LogP contribution in [0.5, 0.6) is 0 Å². The first-order valence-electron chi connectivity index (χ1n) is 9.33. The predicted molar refractivity (Wildman–Crippen MR) is 110 cm³/mol. The van der Waals surface area contributed by atoms with Gasteiger partial charge < -0.3 is 9.63 Å². The predicted octanol–water partition coefficient (Wildman–Crippen LogP) is 3.83. The molecule has 156 valence electrons. The standard InChI is InChI=1S/C22H17N3O6/c1-12-6-8-14(9-7-12)20(26)18-19(15-4-3-5-16(11-15)25(29)30)24(22(28)21(18)27)17-10-13(2)31-23-17/h3-11,19,26H,1-2H3. The molecular weight excluding hydrogens is 402 g/mol. The maximum absolute atomic E-state index is 13.0. The van der Waals surface area contributed by atoms with Gasteiger partial charge in [0.05, 0.1) is 16.5 Å². The minimum atomic E-state index is -1.12. The van der Waals surface area contributed by atoms with Crippen molar-refractivity contribution >= 4 is 29.0 Å². The fourth-order valence-electron chi connectivity index (χ4n) is 3.53. The third-order valence-electron chi connectivity index (χ3n) is 5.03. The van der Waals surface area contributed by atoms with E-state index in [-0.39, 0.29) is 28.4 Å². The van der Waals surface area contributed by atoms with Crippen LogP contribution >= 0.6 is 0 Å². The molecule has 9 nitrogen and oxygen atoms in total. The minimum Gasteiger partial charge on any atom is -0.507 e. The molecule has 0 spiro atoms. The third-order valence-corrected chi connectivity index (χ3v) is 5.03. The maximum atomic E-state index is 13.0. The van der Waals surface area contributed by atoms with E-state index in [4.69, 9.17) is 4.52 Å². The number of rotatable bonds is 4. The molecular formula is C22H17N3O6. The number of aryl methyl sites for hydroxylation is 2. The van der Waals surface area contributed by atoms with Gasteiger partial charge in [0.15, 0.2) is 5.82 Å². The molecule has 0 aliphatic carbocycles. The van der Waals surface area contributed by atoms with Crippen molar-refractivity contribution in [2.75, 3.05) is 4.90 Å². The number of aliphatic hydroxyl groups excluding tert-OH is 1. The second-order valence-corrected chi connectivity index (χ2v) is 7.18. The van der Waals surface area contributed by atoms with Crippen LogP contribution < -0.4 is 4.90 Å². The zero-order valence-electron chi connectivity index (χ0n) is 16.6. The Kier molecular flexibility index (Phi) is 4.86. The van der Waals surface area contributed by atoms with E-state index in [1.807, 2.05) is 6.92 Å². The molecule has 1 saturated heterocycles. The SMILES string of the molecule is Cc1ccc(C(O)=C2C(=O)C(=O)N(c3cc(C)on3)C2c2cccc([N+](=O)[O-])c2)cc1. The topological polar surface area (TPSA) is 127 Å². The highest BCUT2D eigenvalue weighted by molar-refractivity contribution is 6.51. The molecule has 2 aromatic carbocycles. The lowest BCUT2D eigenvalue weighted by Crippen LogP contribution is -2.29. The summed E-state index contributed by atoms with van der Waals surface area (Å²) in [5, 5.41) is 26.1. The van der Waals surface area contributed by atoms with Crippen molar-refractivity contribution in [1.29, 1.82) is 0 Å². The summed E-state index contributed by atoms with van der Waals surface area (Å²) in [5.74, 6) is -1.74. The highest BCUT2D eigenvalue weighted by Gasteiger charge is 2.48. The average molecular weight is 419 g/mol. The number of ketones is 1. The lowest BCUT2D eigenvalue weighted by atomic mass is 9.94. The van der Waals surface area contributed by atoms with Crippen LogP contribution in [0.1, 0.15) is 28.5 Å². The number of hydrogen-bond donors (Lipinski definition) is 1. The number of amides is 1. The number of anilines is 1. The number of hydrogen-bond acceptors (Lipinski definition) is 7. The van der Waals surface area contributed by atoms with Gasteiger partial charge in [-0.2, -0.15) is 0 Å². The fourth-order valence-corrected chi connectivity index (χ4v) is 3.53. The monoisotopic (exact) mass is 419 g/mol. The van der Waals surface area contributed by atoms with E-state index >= 15 is 0 Å². The molecule has 4 rings (SSSR count). The molecule has 1 fully saturated rings. The Morgan fingerprint density at radius 1 is 1.13 bits per heavy atom. The zero-order chi connectivity index (χ0) is 22.3. The molecule has 1 aromatic heterocycles. The number of aromatic nitrogens is 1. The Balaban J connectivity index is 1.96. The number of nitro benzene ring substituents is 1. The summed E-state index contributed by atoms with van der Waals surface area (Å²) >= 11 is 0. The van der Waals surface area contributed by atoms with Crippen molar-refractivity contribution < 1.29 is 24.1 Å². The van der Waals surface area contributed by atoms with Gasteiger partial charge in [-0.1, -0.05) is 47.1 Å². The van der Waals surface area contributed by atoms with Crippen molar-refractivity contribution in [1.82, 2.24) is 5.16 Å². The lowest BCUT2D eigenvalue weighted by Gasteiger charge is -2.22. The molecule has 2 heterocycles. The van der Waals surface area contributed by atoms with Crippen LogP contribution in [-0.4, -0.2) is 26.9 Å². The molecule has 0 bridgehead atoms. The fraction of sp³-hybridized carbons (Fsp3) is 0.136. The summed E-state index contributed by atoms with van der Waals surface area (Å²) in [4.78, 5) is 37.7. The first-order valence-corrected chi connectivity index (χ1v) is 9.33. The van der Waals surface area contributed by atoms with E-state index in [0.717, 1.165) is 10.5 Å². The Morgan fingerprint density at radius 3 is 2.45 bits per heavy atom. The number of nitro groups is 1. The highest BCUT2D eigenvalue weighted by Crippen LogP contribution is 2.42. The maximum Gasteiger partial charge on any atom is 0.301 e. The van der Waals surface area contributed by atoms with E-state index in [1.54, 1.807) is 37.3 Å². The van der Waals surface area contributed by atoms with Crippen molar-refractivity contribution in [3.8, 4) is 0 Å². The summed E-state index contributed by atoms with van der Waals surface area (Å²) in [6, 6.07) is 12.7. The Labute approximate surface area is 176 Å². The number of carbonyl (C=O) groups excluding carboxylic acids is 2. The normalized spacial score (nSPS) is 17.9. The summed E-state index contributed by atoms with van der Waals surface area (Å²) < 4.78 is 5.06. The van der Waals surface area contributed by atoms with Crippen LogP contribution in [-0.2, 0) is 9.59 Å². The van der Waals surface area contributed by atoms with E-state index in [1.165, 1.54) is 24.3 Å². The van der Waals surface area contributed by atoms with Crippen molar-refractivity contribution in [2.24, 2.45) is 0 Å². The van der Waals surface area contributed by atoms with Crippen molar-refractivity contribution in [3.63, 3.8) is 0 Å². The second kappa shape index (κ2) is 7.52. The van der Waals surface area contributed by atoms with Gasteiger partial charge in [0, 0.05) is 23.8 Å². The van der Waals surface area contributed by atoms with Gasteiger partial charge in [-0.3, -0.25) is 24.6 Å². The van der Waals surface area contributed by atoms with Gasteiger partial charge in [-0.15, -0.1) is 0 Å². The molecule has 0 radical (unpaired) electrons. The van der Waals surface area contributed by atoms with Gasteiger partial charge in [-0.05, 0) is 19.4 Å². The van der Waals surface area contributed by atoms with E-state index in [2.05, 4.69) is 5.16 Å². The number of carbonyl (C=O) groups is 2. The first-order chi connectivity index (χ1) is 14.8. The van der Waals surface area contributed by atoms with Gasteiger partial charge in [-0.25, -0.2) is 0 Å². The van der Waals surface area contributed by atoms with Crippen LogP contribution in [0.4, 0.5) is 11.5 Å². The van der Waals surface area contributed by atoms with Crippen LogP contribution in [0.15, 0.2) is 64.7 Å². The summed E-state index contributed by atoms with van der Waals surface area (Å²) in [7, 11) is 0. The van der Waals surface area contributed by atoms with Crippen LogP contribution in [0, 0.1) is 24.0 Å². The summed E-state index contributed by atoms with van der Waals surface area (Å²) in [6.45, 7) is 3.50. The number of benzene rings is 2. The Bertz CT molecular complexity index is 1240. The van der Waals surface area contributed by atoms with E-state index in [9.17, 15) is 24.8 Å². The first kappa shape index (κ1) is 20.0. The number of non-ortho nitro benzene ring substituents is 1. The molecule has 9 heteroatoms. The molecule has 1 N–H and O–H groups in total. The largest absolute Gasteiger partial charge is 0.507 e. The molecule has 1 aliphatic heterocycles. The zero-order valence-corrected chi connectivity index (χ0v) is 16.6. The minimum absolute atomic E-state index is 0.0686. The quantitative estimate of drug-likeness (QED) is 0.224. The summed E-state index contributed by atoms with van der Waals surface area (Å²) in [6.07, 6.45) is 0. The molecule has 1 aliphatic rings. The van der Waals surface area contributed by atoms with Gasteiger partial charge in [0.25, 0.3) is 11.5 Å². The van der Waals surface area contributed by atoms with Crippen LogP contribution in [0.3, 0.4) is 0 Å². The molecule has 1 unspecified atom stereocenters. The average Bonchev–Trinajstić information content (AvgIpc) is 3.29. The Hall–Kier alpha value is -4.27. The van der Waals surface area contributed by atoms with E-state index < -0.39 is 22.7 Å². The van der Waals surface area contributed by atoms with Crippen LogP contribution in [0.2, 0.25) is 0 Å². The van der Waals surface area contributed by atoms with E-state index in [0.29, 0.717) is 11.3 Å². The molecule has 0 saturated carbocycles. The van der Waals surface area contributed by atoms with Gasteiger partial charge in [0.1, 0.15) is 11.5 Å². The third kappa shape index (κ3) is 3.46. The number of nitrogens with zero attached hydrogens (tertiary/aromatic N) is 3. The molecule has 31 heavy (non-hydrogen) atoms.